The van der Waals surface area contributed by atoms with Gasteiger partial charge in [0.1, 0.15) is 22.8 Å². The molecule has 43 heavy (non-hydrogen) atoms. The first kappa shape index (κ1) is 30.1. The van der Waals surface area contributed by atoms with Crippen LogP contribution in [-0.4, -0.2) is 94.6 Å². The van der Waals surface area contributed by atoms with Gasteiger partial charge in [-0.3, -0.25) is 24.1 Å². The van der Waals surface area contributed by atoms with Gasteiger partial charge in [0.2, 0.25) is 5.78 Å². The summed E-state index contributed by atoms with van der Waals surface area (Å²) in [5.41, 5.74) is -1.29. The number of fused-ring (bicyclic) bond motifs is 3. The minimum Gasteiger partial charge on any atom is -0.508 e. The van der Waals surface area contributed by atoms with Gasteiger partial charge in [0.05, 0.1) is 18.2 Å². The van der Waals surface area contributed by atoms with Gasteiger partial charge >= 0.3 is 0 Å². The summed E-state index contributed by atoms with van der Waals surface area (Å²) in [4.78, 5) is 54.0. The molecule has 11 nitrogen and oxygen atoms in total. The van der Waals surface area contributed by atoms with E-state index in [4.69, 9.17) is 4.74 Å². The Morgan fingerprint density at radius 1 is 1.12 bits per heavy atom. The molecule has 0 aliphatic heterocycles. The molecule has 3 aliphatic carbocycles. The number of aromatic hydroxyl groups is 1. The number of ketones is 3. The minimum atomic E-state index is -2.63. The number of phenolic OH excluding ortho intramolecular Hbond substituents is 1. The van der Waals surface area contributed by atoms with Crippen LogP contribution in [-0.2, 0) is 25.5 Å². The number of aliphatic hydroxyl groups excluding tert-OH is 2. The zero-order valence-corrected chi connectivity index (χ0v) is 24.3. The van der Waals surface area contributed by atoms with E-state index in [0.717, 1.165) is 6.92 Å². The SMILES string of the molecule is COCCNC(=O)c1cccc(-c2ccc(O)c3c2C[C@H]2C[C@H]4[C@H](N(C)C)C(=O)C(C(C)=O)=C(O)[C@@]4(O)C(=O)C2=C3O)c1. The van der Waals surface area contributed by atoms with Crippen molar-refractivity contribution in [2.24, 2.45) is 11.8 Å². The van der Waals surface area contributed by atoms with Gasteiger partial charge in [0.15, 0.2) is 17.2 Å². The Hall–Kier alpha value is -4.32. The number of ether oxygens (including phenoxy) is 1. The molecule has 0 radical (unpaired) electrons. The molecule has 5 N–H and O–H groups in total. The molecule has 5 rings (SSSR count). The summed E-state index contributed by atoms with van der Waals surface area (Å²) in [6.45, 7) is 1.75. The van der Waals surface area contributed by atoms with Crippen LogP contribution in [0, 0.1) is 11.8 Å². The lowest BCUT2D eigenvalue weighted by molar-refractivity contribution is -0.153. The van der Waals surface area contributed by atoms with E-state index < -0.39 is 57.9 Å². The smallest absolute Gasteiger partial charge is 0.251 e. The number of carbonyl (C=O) groups is 4. The highest BCUT2D eigenvalue weighted by molar-refractivity contribution is 6.25. The first-order valence-electron chi connectivity index (χ1n) is 13.9. The fourth-order valence-corrected chi connectivity index (χ4v) is 6.81. The summed E-state index contributed by atoms with van der Waals surface area (Å²) in [7, 11) is 4.70. The fourth-order valence-electron chi connectivity index (χ4n) is 6.81. The number of likely N-dealkylation sites (N-methyl/N-ethyl adjacent to an activating group) is 1. The summed E-state index contributed by atoms with van der Waals surface area (Å²) >= 11 is 0. The maximum atomic E-state index is 14.0. The molecular weight excluding hydrogens is 556 g/mol. The highest BCUT2D eigenvalue weighted by Crippen LogP contribution is 2.53. The van der Waals surface area contributed by atoms with E-state index in [0.29, 0.717) is 35.4 Å². The van der Waals surface area contributed by atoms with Gasteiger partial charge in [-0.05, 0) is 74.7 Å². The van der Waals surface area contributed by atoms with Gasteiger partial charge in [0, 0.05) is 30.7 Å². The van der Waals surface area contributed by atoms with Crippen molar-refractivity contribution < 1.29 is 44.3 Å². The van der Waals surface area contributed by atoms with Gasteiger partial charge < -0.3 is 30.5 Å². The van der Waals surface area contributed by atoms with E-state index in [1.807, 2.05) is 0 Å². The molecule has 0 saturated heterocycles. The zero-order chi connectivity index (χ0) is 31.4. The highest BCUT2D eigenvalue weighted by atomic mass is 16.5. The van der Waals surface area contributed by atoms with E-state index in [-0.39, 0.29) is 35.6 Å². The third kappa shape index (κ3) is 4.64. The van der Waals surface area contributed by atoms with Gasteiger partial charge in [-0.25, -0.2) is 0 Å². The Labute approximate surface area is 248 Å². The van der Waals surface area contributed by atoms with Crippen molar-refractivity contribution in [2.75, 3.05) is 34.4 Å². The van der Waals surface area contributed by atoms with Crippen LogP contribution in [0.25, 0.3) is 16.9 Å². The minimum absolute atomic E-state index is 0.000375. The quantitative estimate of drug-likeness (QED) is 0.237. The second-order valence-electron chi connectivity index (χ2n) is 11.5. The third-order valence-corrected chi connectivity index (χ3v) is 8.74. The van der Waals surface area contributed by atoms with Crippen molar-refractivity contribution in [3.8, 4) is 16.9 Å². The first-order valence-corrected chi connectivity index (χ1v) is 13.9. The van der Waals surface area contributed by atoms with Crippen molar-refractivity contribution >= 4 is 29.0 Å². The number of amides is 1. The molecule has 0 bridgehead atoms. The lowest BCUT2D eigenvalue weighted by Gasteiger charge is -2.50. The molecule has 226 valence electrons. The van der Waals surface area contributed by atoms with Gasteiger partial charge in [0.25, 0.3) is 5.91 Å². The number of nitrogens with one attached hydrogen (secondary N) is 1. The predicted octanol–water partition coefficient (Wildman–Crippen LogP) is 2.11. The third-order valence-electron chi connectivity index (χ3n) is 8.74. The number of hydrogen-bond donors (Lipinski definition) is 5. The molecule has 0 spiro atoms. The average molecular weight is 591 g/mol. The van der Waals surface area contributed by atoms with E-state index in [9.17, 15) is 39.6 Å². The van der Waals surface area contributed by atoms with Crippen LogP contribution in [0.5, 0.6) is 5.75 Å². The molecule has 3 aliphatic rings. The largest absolute Gasteiger partial charge is 0.508 e. The molecule has 1 saturated carbocycles. The number of phenols is 1. The van der Waals surface area contributed by atoms with Crippen molar-refractivity contribution in [3.63, 3.8) is 0 Å². The van der Waals surface area contributed by atoms with E-state index >= 15 is 0 Å². The van der Waals surface area contributed by atoms with Crippen molar-refractivity contribution in [3.05, 3.63) is 70.0 Å². The Morgan fingerprint density at radius 3 is 2.49 bits per heavy atom. The van der Waals surface area contributed by atoms with Gasteiger partial charge in [-0.1, -0.05) is 18.2 Å². The van der Waals surface area contributed by atoms with E-state index in [2.05, 4.69) is 5.32 Å². The summed E-state index contributed by atoms with van der Waals surface area (Å²) in [6, 6.07) is 8.78. The second kappa shape index (κ2) is 11.1. The van der Waals surface area contributed by atoms with E-state index in [1.165, 1.54) is 18.1 Å². The number of carbonyl (C=O) groups excluding carboxylic acids is 4. The van der Waals surface area contributed by atoms with E-state index in [1.54, 1.807) is 44.4 Å². The summed E-state index contributed by atoms with van der Waals surface area (Å²) in [5, 5.41) is 48.0. The van der Waals surface area contributed by atoms with Crippen molar-refractivity contribution in [1.82, 2.24) is 10.2 Å². The molecule has 2 aromatic rings. The Kier molecular flexibility index (Phi) is 7.76. The van der Waals surface area contributed by atoms with Crippen LogP contribution in [0.3, 0.4) is 0 Å². The highest BCUT2D eigenvalue weighted by Gasteiger charge is 2.64. The molecule has 0 aromatic heterocycles. The standard InChI is InChI=1S/C32H34N2O9/c1-15(35)23-28(38)26(34(2)3)21-14-18-13-20-19(16-6-5-7-17(12-16)31(41)33-10-11-43-4)8-9-22(36)25(20)27(37)24(18)30(40)32(21,42)29(23)39/h5-9,12,18,21,26,36-37,39,42H,10-11,13-14H2,1-4H3,(H,33,41)/t18-,21-,26-,32+/m0/s1. The summed E-state index contributed by atoms with van der Waals surface area (Å²) in [5.74, 6) is -6.47. The summed E-state index contributed by atoms with van der Waals surface area (Å²) < 4.78 is 4.98. The Morgan fingerprint density at radius 2 is 1.84 bits per heavy atom. The van der Waals surface area contributed by atoms with Crippen LogP contribution < -0.4 is 5.32 Å². The van der Waals surface area contributed by atoms with Crippen LogP contribution in [0.15, 0.2) is 53.3 Å². The first-order chi connectivity index (χ1) is 20.3. The second-order valence-corrected chi connectivity index (χ2v) is 11.5. The van der Waals surface area contributed by atoms with Gasteiger partial charge in [-0.2, -0.15) is 0 Å². The maximum Gasteiger partial charge on any atom is 0.251 e. The molecule has 0 heterocycles. The number of hydrogen-bond acceptors (Lipinski definition) is 10. The van der Waals surface area contributed by atoms with Crippen molar-refractivity contribution in [2.45, 2.75) is 31.4 Å². The van der Waals surface area contributed by atoms with Crippen LogP contribution in [0.2, 0.25) is 0 Å². The summed E-state index contributed by atoms with van der Waals surface area (Å²) in [6.07, 6.45) is 0.168. The molecule has 4 atom stereocenters. The van der Waals surface area contributed by atoms with Gasteiger partial charge in [-0.15, -0.1) is 0 Å². The molecular formula is C32H34N2O9. The van der Waals surface area contributed by atoms with Crippen LogP contribution in [0.4, 0.5) is 0 Å². The number of methoxy groups -OCH3 is 1. The monoisotopic (exact) mass is 590 g/mol. The zero-order valence-electron chi connectivity index (χ0n) is 24.3. The number of nitrogens with zero attached hydrogens (tertiary/aromatic N) is 1. The average Bonchev–Trinajstić information content (AvgIpc) is 2.95. The topological polar surface area (TPSA) is 174 Å². The molecule has 1 fully saturated rings. The number of benzene rings is 2. The number of Topliss-reactive ketones (excluding diaryl/α,β-unsaturated/α-hetero) is 3. The lowest BCUT2D eigenvalue weighted by Crippen LogP contribution is -2.65. The molecule has 1 amide bonds. The molecule has 0 unspecified atom stereocenters. The Bertz CT molecular complexity index is 1620. The molecule has 2 aromatic carbocycles. The number of rotatable bonds is 7. The normalized spacial score (nSPS) is 24.9. The Balaban J connectivity index is 1.64. The number of aliphatic hydroxyl groups is 3. The van der Waals surface area contributed by atoms with Crippen LogP contribution >= 0.6 is 0 Å². The fraction of sp³-hybridized carbons (Fsp3) is 0.375. The van der Waals surface area contributed by atoms with Crippen LogP contribution in [0.1, 0.15) is 34.8 Å². The lowest BCUT2D eigenvalue weighted by atomic mass is 9.57. The molecule has 11 heteroatoms. The van der Waals surface area contributed by atoms with Crippen molar-refractivity contribution in [1.29, 1.82) is 0 Å². The maximum absolute atomic E-state index is 14.0. The predicted molar refractivity (Wildman–Crippen MR) is 155 cm³/mol.